The molecule has 1 aliphatic heterocycles. The molecule has 1 atom stereocenters. The minimum absolute atomic E-state index is 0.0243. The van der Waals surface area contributed by atoms with Crippen LogP contribution in [-0.2, 0) is 16.8 Å². The monoisotopic (exact) mass is 478 g/mol. The fraction of sp³-hybridized carbons (Fsp3) is 0.364. The van der Waals surface area contributed by atoms with Gasteiger partial charge in [-0.3, -0.25) is 4.79 Å². The zero-order valence-corrected chi connectivity index (χ0v) is 22.1. The molecule has 186 valence electrons. The van der Waals surface area contributed by atoms with Crippen molar-refractivity contribution in [3.8, 4) is 0 Å². The zero-order chi connectivity index (χ0) is 25.3. The van der Waals surface area contributed by atoms with Crippen molar-refractivity contribution in [1.29, 1.82) is 0 Å². The number of carbonyl (C=O) groups excluding carboxylic acids is 1. The molecule has 2 heterocycles. The Balaban J connectivity index is 1.57. The third kappa shape index (κ3) is 5.11. The molecule has 3 aromatic carbocycles. The summed E-state index contributed by atoms with van der Waals surface area (Å²) in [5.74, 6) is 0.295. The van der Waals surface area contributed by atoms with Crippen LogP contribution in [0.5, 0.6) is 0 Å². The van der Waals surface area contributed by atoms with E-state index in [2.05, 4.69) is 116 Å². The van der Waals surface area contributed by atoms with E-state index < -0.39 is 0 Å². The molecule has 1 amide bonds. The molecule has 36 heavy (non-hydrogen) atoms. The molecule has 1 unspecified atom stereocenters. The first-order valence-electron chi connectivity index (χ1n) is 13.3. The average molecular weight is 479 g/mol. The second kappa shape index (κ2) is 9.97. The van der Waals surface area contributed by atoms with Crippen LogP contribution in [0.15, 0.2) is 79.0 Å². The van der Waals surface area contributed by atoms with E-state index in [-0.39, 0.29) is 17.2 Å². The number of hydrogen-bond acceptors (Lipinski definition) is 1. The Morgan fingerprint density at radius 2 is 1.56 bits per heavy atom. The van der Waals surface area contributed by atoms with Crippen LogP contribution in [0.2, 0.25) is 0 Å². The van der Waals surface area contributed by atoms with Crippen LogP contribution in [0, 0.1) is 6.92 Å². The van der Waals surface area contributed by atoms with Gasteiger partial charge in [0.15, 0.2) is 0 Å². The van der Waals surface area contributed by atoms with Crippen LogP contribution < -0.4 is 0 Å². The fourth-order valence-corrected chi connectivity index (χ4v) is 5.47. The van der Waals surface area contributed by atoms with Crippen molar-refractivity contribution in [1.82, 2.24) is 9.47 Å². The highest BCUT2D eigenvalue weighted by molar-refractivity contribution is 5.87. The molecule has 1 fully saturated rings. The molecule has 4 aromatic rings. The molecule has 0 radical (unpaired) electrons. The second-order valence-electron chi connectivity index (χ2n) is 11.4. The predicted octanol–water partition coefficient (Wildman–Crippen LogP) is 7.44. The van der Waals surface area contributed by atoms with Gasteiger partial charge in [-0.1, -0.05) is 93.1 Å². The number of carbonyl (C=O) groups is 1. The van der Waals surface area contributed by atoms with Gasteiger partial charge in [-0.25, -0.2) is 0 Å². The zero-order valence-electron chi connectivity index (χ0n) is 22.1. The molecular formula is C33H38N2O. The minimum atomic E-state index is 0.0243. The summed E-state index contributed by atoms with van der Waals surface area (Å²) in [6, 6.07) is 26.4. The van der Waals surface area contributed by atoms with Crippen LogP contribution in [-0.4, -0.2) is 28.5 Å². The minimum Gasteiger partial charge on any atom is -0.343 e. The van der Waals surface area contributed by atoms with Crippen molar-refractivity contribution in [3.05, 3.63) is 107 Å². The summed E-state index contributed by atoms with van der Waals surface area (Å²) in [7, 11) is 0. The van der Waals surface area contributed by atoms with Crippen LogP contribution in [0.1, 0.15) is 73.8 Å². The Labute approximate surface area is 215 Å². The van der Waals surface area contributed by atoms with E-state index in [0.29, 0.717) is 6.42 Å². The first-order valence-corrected chi connectivity index (χ1v) is 13.3. The predicted molar refractivity (Wildman–Crippen MR) is 150 cm³/mol. The van der Waals surface area contributed by atoms with E-state index >= 15 is 0 Å². The number of rotatable bonds is 6. The lowest BCUT2D eigenvalue weighted by Crippen LogP contribution is -2.29. The van der Waals surface area contributed by atoms with Gasteiger partial charge in [0, 0.05) is 49.1 Å². The van der Waals surface area contributed by atoms with E-state index in [9.17, 15) is 4.79 Å². The van der Waals surface area contributed by atoms with Crippen molar-refractivity contribution in [3.63, 3.8) is 0 Å². The standard InChI is InChI=1S/C33H38N2O/c1-24-11-13-25(14-12-24)22-35-23-30(28-9-5-6-10-31(28)35)29(21-32(36)34-19-7-8-20-34)26-15-17-27(18-16-26)33(2,3)4/h5-6,9-18,23,29H,7-8,19-22H2,1-4H3. The summed E-state index contributed by atoms with van der Waals surface area (Å²) in [6.07, 6.45) is 5.04. The molecule has 0 N–H and O–H groups in total. The molecule has 1 saturated heterocycles. The van der Waals surface area contributed by atoms with E-state index in [4.69, 9.17) is 0 Å². The third-order valence-electron chi connectivity index (χ3n) is 7.68. The average Bonchev–Trinajstić information content (AvgIpc) is 3.53. The Morgan fingerprint density at radius 3 is 2.22 bits per heavy atom. The van der Waals surface area contributed by atoms with Crippen molar-refractivity contribution in [2.75, 3.05) is 13.1 Å². The van der Waals surface area contributed by atoms with Gasteiger partial charge >= 0.3 is 0 Å². The molecule has 0 bridgehead atoms. The van der Waals surface area contributed by atoms with Gasteiger partial charge in [-0.15, -0.1) is 0 Å². The molecule has 1 aliphatic rings. The molecule has 3 heteroatoms. The molecule has 0 aliphatic carbocycles. The fourth-order valence-electron chi connectivity index (χ4n) is 5.47. The number of nitrogens with zero attached hydrogens (tertiary/aromatic N) is 2. The maximum absolute atomic E-state index is 13.4. The summed E-state index contributed by atoms with van der Waals surface area (Å²) in [5.41, 5.74) is 7.66. The van der Waals surface area contributed by atoms with E-state index in [1.54, 1.807) is 0 Å². The Hall–Kier alpha value is -3.33. The van der Waals surface area contributed by atoms with Crippen molar-refractivity contribution in [2.45, 2.75) is 64.8 Å². The first-order chi connectivity index (χ1) is 17.3. The normalized spacial score (nSPS) is 14.9. The smallest absolute Gasteiger partial charge is 0.223 e. The van der Waals surface area contributed by atoms with Crippen LogP contribution in [0.25, 0.3) is 10.9 Å². The number of para-hydroxylation sites is 1. The number of benzene rings is 3. The van der Waals surface area contributed by atoms with Crippen LogP contribution in [0.4, 0.5) is 0 Å². The largest absolute Gasteiger partial charge is 0.343 e. The second-order valence-corrected chi connectivity index (χ2v) is 11.4. The summed E-state index contributed by atoms with van der Waals surface area (Å²) in [6.45, 7) is 11.5. The molecule has 0 spiro atoms. The van der Waals surface area contributed by atoms with Crippen LogP contribution >= 0.6 is 0 Å². The first kappa shape index (κ1) is 24.4. The van der Waals surface area contributed by atoms with E-state index in [1.807, 2.05) is 0 Å². The van der Waals surface area contributed by atoms with Gasteiger partial charge < -0.3 is 9.47 Å². The van der Waals surface area contributed by atoms with Crippen molar-refractivity contribution >= 4 is 16.8 Å². The van der Waals surface area contributed by atoms with E-state index in [1.165, 1.54) is 38.7 Å². The molecular weight excluding hydrogens is 440 g/mol. The van der Waals surface area contributed by atoms with Gasteiger partial charge in [-0.05, 0) is 53.5 Å². The van der Waals surface area contributed by atoms with Gasteiger partial charge in [0.1, 0.15) is 0 Å². The summed E-state index contributed by atoms with van der Waals surface area (Å²) in [4.78, 5) is 15.5. The summed E-state index contributed by atoms with van der Waals surface area (Å²) in [5, 5.41) is 1.24. The topological polar surface area (TPSA) is 25.2 Å². The molecule has 0 saturated carbocycles. The Morgan fingerprint density at radius 1 is 0.889 bits per heavy atom. The van der Waals surface area contributed by atoms with Gasteiger partial charge in [0.25, 0.3) is 0 Å². The maximum Gasteiger partial charge on any atom is 0.223 e. The van der Waals surface area contributed by atoms with Crippen molar-refractivity contribution < 1.29 is 4.79 Å². The van der Waals surface area contributed by atoms with Gasteiger partial charge in [0.2, 0.25) is 5.91 Å². The number of hydrogen-bond donors (Lipinski definition) is 0. The lowest BCUT2D eigenvalue weighted by Gasteiger charge is -2.23. The SMILES string of the molecule is Cc1ccc(Cn2cc(C(CC(=O)N3CCCC3)c3ccc(C(C)(C)C)cc3)c3ccccc32)cc1. The Bertz CT molecular complexity index is 1330. The van der Waals surface area contributed by atoms with Gasteiger partial charge in [-0.2, -0.15) is 0 Å². The lowest BCUT2D eigenvalue weighted by molar-refractivity contribution is -0.130. The highest BCUT2D eigenvalue weighted by atomic mass is 16.2. The summed E-state index contributed by atoms with van der Waals surface area (Å²) < 4.78 is 2.35. The number of amides is 1. The summed E-state index contributed by atoms with van der Waals surface area (Å²) >= 11 is 0. The molecule has 1 aromatic heterocycles. The molecule has 3 nitrogen and oxygen atoms in total. The number of aryl methyl sites for hydroxylation is 1. The van der Waals surface area contributed by atoms with Crippen LogP contribution in [0.3, 0.4) is 0 Å². The number of likely N-dealkylation sites (tertiary alicyclic amines) is 1. The maximum atomic E-state index is 13.4. The van der Waals surface area contributed by atoms with E-state index in [0.717, 1.165) is 32.5 Å². The lowest BCUT2D eigenvalue weighted by atomic mass is 9.83. The quantitative estimate of drug-likeness (QED) is 0.283. The molecule has 5 rings (SSSR count). The Kier molecular flexibility index (Phi) is 6.75. The number of fused-ring (bicyclic) bond motifs is 1. The highest BCUT2D eigenvalue weighted by Crippen LogP contribution is 2.37. The third-order valence-corrected chi connectivity index (χ3v) is 7.68. The van der Waals surface area contributed by atoms with Gasteiger partial charge in [0.05, 0.1) is 0 Å². The van der Waals surface area contributed by atoms with Crippen molar-refractivity contribution in [2.24, 2.45) is 0 Å². The number of aromatic nitrogens is 1. The highest BCUT2D eigenvalue weighted by Gasteiger charge is 2.27.